The number of carbonyl (C=O) groups is 1. The molecule has 6 rings (SSSR count). The van der Waals surface area contributed by atoms with Gasteiger partial charge < -0.3 is 15.4 Å². The van der Waals surface area contributed by atoms with Gasteiger partial charge in [0.15, 0.2) is 0 Å². The van der Waals surface area contributed by atoms with Crippen molar-refractivity contribution in [3.8, 4) is 17.6 Å². The third-order valence-electron chi connectivity index (χ3n) is 6.82. The molecule has 1 aromatic heterocycles. The van der Waals surface area contributed by atoms with Crippen LogP contribution in [0.1, 0.15) is 22.4 Å². The summed E-state index contributed by atoms with van der Waals surface area (Å²) >= 11 is 12.4. The SMILES string of the molecule is Cc1nn(-c2ccccc2)c2c1C1(C(=O)N(Cc3ccc(Cl)c(Cl)c3)c3ccccc31)C(C#N)=C(N)O2. The van der Waals surface area contributed by atoms with Gasteiger partial charge in [0.2, 0.25) is 17.7 Å². The summed E-state index contributed by atoms with van der Waals surface area (Å²) in [6, 6.07) is 24.2. The van der Waals surface area contributed by atoms with Crippen molar-refractivity contribution in [1.29, 1.82) is 5.26 Å². The molecule has 1 unspecified atom stereocenters. The number of nitrogens with two attached hydrogens (primary N) is 1. The van der Waals surface area contributed by atoms with E-state index in [9.17, 15) is 10.1 Å². The first-order chi connectivity index (χ1) is 17.9. The molecule has 0 saturated carbocycles. The second kappa shape index (κ2) is 8.41. The summed E-state index contributed by atoms with van der Waals surface area (Å²) in [5.74, 6) is -0.147. The van der Waals surface area contributed by atoms with Gasteiger partial charge in [-0.05, 0) is 42.8 Å². The molecule has 0 fully saturated rings. The molecule has 2 N–H and O–H groups in total. The average molecular weight is 528 g/mol. The minimum atomic E-state index is -1.52. The van der Waals surface area contributed by atoms with E-state index >= 15 is 0 Å². The molecule has 0 radical (unpaired) electrons. The number of benzene rings is 3. The highest BCUT2D eigenvalue weighted by Gasteiger charge is 2.61. The Bertz CT molecular complexity index is 1670. The van der Waals surface area contributed by atoms with Gasteiger partial charge in [0.05, 0.1) is 33.5 Å². The number of hydrogen-bond donors (Lipinski definition) is 1. The van der Waals surface area contributed by atoms with E-state index in [1.165, 1.54) is 0 Å². The number of anilines is 1. The van der Waals surface area contributed by atoms with Gasteiger partial charge in [0.1, 0.15) is 17.1 Å². The Labute approximate surface area is 222 Å². The average Bonchev–Trinajstić information content (AvgIpc) is 3.35. The van der Waals surface area contributed by atoms with Crippen molar-refractivity contribution in [2.24, 2.45) is 5.73 Å². The molecule has 2 aliphatic rings. The molecule has 0 bridgehead atoms. The molecule has 1 spiro atoms. The highest BCUT2D eigenvalue weighted by atomic mass is 35.5. The van der Waals surface area contributed by atoms with Crippen LogP contribution in [0, 0.1) is 18.3 Å². The summed E-state index contributed by atoms with van der Waals surface area (Å²) in [7, 11) is 0. The predicted octanol–water partition coefficient (Wildman–Crippen LogP) is 5.41. The zero-order valence-corrected chi connectivity index (χ0v) is 21.1. The van der Waals surface area contributed by atoms with E-state index in [0.29, 0.717) is 38.4 Å². The molecular formula is C28H19Cl2N5O2. The zero-order chi connectivity index (χ0) is 25.9. The second-order valence-corrected chi connectivity index (χ2v) is 9.69. The van der Waals surface area contributed by atoms with E-state index in [-0.39, 0.29) is 23.9 Å². The third-order valence-corrected chi connectivity index (χ3v) is 7.56. The lowest BCUT2D eigenvalue weighted by molar-refractivity contribution is -0.121. The molecule has 0 saturated heterocycles. The highest BCUT2D eigenvalue weighted by molar-refractivity contribution is 6.42. The molecule has 4 aromatic rings. The number of hydrogen-bond acceptors (Lipinski definition) is 5. The maximum absolute atomic E-state index is 14.6. The highest BCUT2D eigenvalue weighted by Crippen LogP contribution is 2.56. The maximum Gasteiger partial charge on any atom is 0.248 e. The number of fused-ring (bicyclic) bond motifs is 4. The molecule has 3 heterocycles. The molecule has 3 aromatic carbocycles. The standard InChI is InChI=1S/C28H19Cl2N5O2/c1-16-24-26(35(33-16)18-7-3-2-4-8-18)37-25(32)20(14-31)28(24)19-9-5-6-10-23(19)34(27(28)36)15-17-11-12-21(29)22(30)13-17/h2-13H,15,32H2,1H3. The first kappa shape index (κ1) is 23.2. The van der Waals surface area contributed by atoms with Crippen molar-refractivity contribution in [1.82, 2.24) is 9.78 Å². The van der Waals surface area contributed by atoms with Crippen LogP contribution in [-0.2, 0) is 16.8 Å². The number of rotatable bonds is 3. The lowest BCUT2D eigenvalue weighted by atomic mass is 9.69. The summed E-state index contributed by atoms with van der Waals surface area (Å²) in [4.78, 5) is 16.3. The van der Waals surface area contributed by atoms with Gasteiger partial charge in [0, 0.05) is 11.3 Å². The first-order valence-corrected chi connectivity index (χ1v) is 12.2. The molecule has 182 valence electrons. The number of aryl methyl sites for hydroxylation is 1. The van der Waals surface area contributed by atoms with Crippen LogP contribution in [0.25, 0.3) is 5.69 Å². The lowest BCUT2D eigenvalue weighted by Gasteiger charge is -2.33. The quantitative estimate of drug-likeness (QED) is 0.384. The van der Waals surface area contributed by atoms with E-state index in [2.05, 4.69) is 6.07 Å². The van der Waals surface area contributed by atoms with Gasteiger partial charge in [0.25, 0.3) is 0 Å². The minimum absolute atomic E-state index is 0.0322. The van der Waals surface area contributed by atoms with Crippen LogP contribution in [0.2, 0.25) is 10.0 Å². The van der Waals surface area contributed by atoms with Crippen molar-refractivity contribution >= 4 is 34.8 Å². The van der Waals surface area contributed by atoms with E-state index in [0.717, 1.165) is 11.3 Å². The maximum atomic E-state index is 14.6. The Morgan fingerprint density at radius 1 is 1.05 bits per heavy atom. The fourth-order valence-corrected chi connectivity index (χ4v) is 5.61. The second-order valence-electron chi connectivity index (χ2n) is 8.87. The van der Waals surface area contributed by atoms with Crippen LogP contribution in [0.3, 0.4) is 0 Å². The Morgan fingerprint density at radius 2 is 1.78 bits per heavy atom. The lowest BCUT2D eigenvalue weighted by Crippen LogP contribution is -2.46. The summed E-state index contributed by atoms with van der Waals surface area (Å²) in [5.41, 5.74) is 8.75. The van der Waals surface area contributed by atoms with Gasteiger partial charge in [-0.1, -0.05) is 65.7 Å². The van der Waals surface area contributed by atoms with Crippen molar-refractivity contribution in [2.75, 3.05) is 4.90 Å². The first-order valence-electron chi connectivity index (χ1n) is 11.5. The van der Waals surface area contributed by atoms with Crippen molar-refractivity contribution in [2.45, 2.75) is 18.9 Å². The number of para-hydroxylation sites is 2. The molecule has 1 amide bonds. The summed E-state index contributed by atoms with van der Waals surface area (Å²) in [6.07, 6.45) is 0. The number of carbonyl (C=O) groups excluding carboxylic acids is 1. The van der Waals surface area contributed by atoms with E-state index in [1.54, 1.807) is 28.6 Å². The van der Waals surface area contributed by atoms with Crippen LogP contribution < -0.4 is 15.4 Å². The number of nitriles is 1. The summed E-state index contributed by atoms with van der Waals surface area (Å²) in [5, 5.41) is 15.9. The molecular weight excluding hydrogens is 509 g/mol. The van der Waals surface area contributed by atoms with Crippen molar-refractivity contribution < 1.29 is 9.53 Å². The Morgan fingerprint density at radius 3 is 2.51 bits per heavy atom. The number of nitrogens with zero attached hydrogens (tertiary/aromatic N) is 4. The Balaban J connectivity index is 1.61. The smallest absolute Gasteiger partial charge is 0.248 e. The number of aromatic nitrogens is 2. The fourth-order valence-electron chi connectivity index (χ4n) is 5.29. The molecule has 2 aliphatic heterocycles. The normalized spacial score (nSPS) is 18.0. The van der Waals surface area contributed by atoms with Gasteiger partial charge in [-0.15, -0.1) is 0 Å². The molecule has 1 atom stereocenters. The molecule has 9 heteroatoms. The van der Waals surface area contributed by atoms with Crippen LogP contribution in [0.15, 0.2) is 84.3 Å². The summed E-state index contributed by atoms with van der Waals surface area (Å²) in [6.45, 7) is 2.02. The van der Waals surface area contributed by atoms with Crippen LogP contribution in [-0.4, -0.2) is 15.7 Å². The Kier molecular flexibility index (Phi) is 5.27. The molecule has 0 aliphatic carbocycles. The van der Waals surface area contributed by atoms with Crippen molar-refractivity contribution in [3.05, 3.63) is 117 Å². The predicted molar refractivity (Wildman–Crippen MR) is 141 cm³/mol. The van der Waals surface area contributed by atoms with Gasteiger partial charge >= 0.3 is 0 Å². The number of ether oxygens (including phenoxy) is 1. The summed E-state index contributed by atoms with van der Waals surface area (Å²) < 4.78 is 7.62. The monoisotopic (exact) mass is 527 g/mol. The largest absolute Gasteiger partial charge is 0.422 e. The van der Waals surface area contributed by atoms with Crippen molar-refractivity contribution in [3.63, 3.8) is 0 Å². The number of halogens is 2. The third kappa shape index (κ3) is 3.20. The van der Waals surface area contributed by atoms with E-state index in [4.69, 9.17) is 38.8 Å². The van der Waals surface area contributed by atoms with Crippen LogP contribution in [0.5, 0.6) is 5.88 Å². The zero-order valence-electron chi connectivity index (χ0n) is 19.6. The van der Waals surface area contributed by atoms with Gasteiger partial charge in [-0.2, -0.15) is 10.4 Å². The van der Waals surface area contributed by atoms with Gasteiger partial charge in [-0.3, -0.25) is 4.79 Å². The van der Waals surface area contributed by atoms with E-state index in [1.807, 2.05) is 60.7 Å². The fraction of sp³-hybridized carbons (Fsp3) is 0.107. The van der Waals surface area contributed by atoms with Gasteiger partial charge in [-0.25, -0.2) is 4.68 Å². The topological polar surface area (TPSA) is 97.2 Å². The van der Waals surface area contributed by atoms with E-state index < -0.39 is 5.41 Å². The molecule has 37 heavy (non-hydrogen) atoms. The number of amides is 1. The Hall–Kier alpha value is -4.25. The minimum Gasteiger partial charge on any atom is -0.422 e. The van der Waals surface area contributed by atoms with Crippen LogP contribution in [0.4, 0.5) is 5.69 Å². The van der Waals surface area contributed by atoms with Crippen LogP contribution >= 0.6 is 23.2 Å². The molecule has 7 nitrogen and oxygen atoms in total.